The van der Waals surface area contributed by atoms with Crippen molar-refractivity contribution in [1.29, 1.82) is 0 Å². The van der Waals surface area contributed by atoms with E-state index in [9.17, 15) is 35.9 Å². The molecule has 0 saturated heterocycles. The summed E-state index contributed by atoms with van der Waals surface area (Å²) >= 11 is 0. The third kappa shape index (κ3) is 4.78. The number of hydrogen-bond acceptors (Lipinski definition) is 4. The first-order valence-electron chi connectivity index (χ1n) is 12.7. The second-order valence-corrected chi connectivity index (χ2v) is 9.87. The quantitative estimate of drug-likeness (QED) is 0.200. The molecule has 0 aliphatic carbocycles. The van der Waals surface area contributed by atoms with E-state index in [0.717, 1.165) is 0 Å². The summed E-state index contributed by atoms with van der Waals surface area (Å²) in [5.74, 6) is -1.16. The lowest BCUT2D eigenvalue weighted by molar-refractivity contribution is -0.377. The number of rotatable bonds is 2. The van der Waals surface area contributed by atoms with Gasteiger partial charge < -0.3 is 13.9 Å². The Bertz CT molecular complexity index is 1700. The predicted molar refractivity (Wildman–Crippen MR) is 137 cm³/mol. The van der Waals surface area contributed by atoms with E-state index in [4.69, 9.17) is 4.74 Å². The maximum Gasteiger partial charge on any atom is 0.467 e. The van der Waals surface area contributed by atoms with Crippen LogP contribution in [0.3, 0.4) is 0 Å². The second-order valence-electron chi connectivity index (χ2n) is 9.87. The Morgan fingerprint density at radius 3 is 1.78 bits per heavy atom. The third-order valence-corrected chi connectivity index (χ3v) is 7.42. The first-order chi connectivity index (χ1) is 19.4. The van der Waals surface area contributed by atoms with Crippen molar-refractivity contribution in [3.8, 4) is 0 Å². The van der Waals surface area contributed by atoms with Crippen molar-refractivity contribution < 1.29 is 40.7 Å². The topological polar surface area (TPSA) is 68.5 Å². The summed E-state index contributed by atoms with van der Waals surface area (Å²) in [5, 5.41) is 3.64. The van der Waals surface area contributed by atoms with Crippen molar-refractivity contribution in [2.24, 2.45) is 0 Å². The molecule has 4 aromatic rings. The fourth-order valence-corrected chi connectivity index (χ4v) is 5.61. The fourth-order valence-electron chi connectivity index (χ4n) is 5.61. The lowest BCUT2D eigenvalue weighted by Crippen LogP contribution is -2.51. The third-order valence-electron chi connectivity index (χ3n) is 7.42. The molecule has 214 valence electrons. The lowest BCUT2D eigenvalue weighted by atomic mass is 9.95. The number of fused-ring (bicyclic) bond motifs is 12. The van der Waals surface area contributed by atoms with E-state index in [-0.39, 0.29) is 37.3 Å². The van der Waals surface area contributed by atoms with E-state index in [1.807, 2.05) is 0 Å². The van der Waals surface area contributed by atoms with Crippen LogP contribution in [-0.4, -0.2) is 57.7 Å². The Hall–Kier alpha value is -4.10. The molecule has 4 heterocycles. The molecular formula is C28H22F6N4O3. The average molecular weight is 576 g/mol. The van der Waals surface area contributed by atoms with Crippen molar-refractivity contribution in [2.45, 2.75) is 38.2 Å². The molecule has 2 aliphatic rings. The number of carbonyl (C=O) groups excluding carboxylic acids is 2. The van der Waals surface area contributed by atoms with Crippen LogP contribution in [-0.2, 0) is 27.4 Å². The fraction of sp³-hybridized carbons (Fsp3) is 0.286. The predicted octanol–water partition coefficient (Wildman–Crippen LogP) is 5.29. The van der Waals surface area contributed by atoms with Gasteiger partial charge in [0.05, 0.1) is 23.9 Å². The van der Waals surface area contributed by atoms with Crippen LogP contribution in [0.1, 0.15) is 17.5 Å². The summed E-state index contributed by atoms with van der Waals surface area (Å²) in [7, 11) is 0. The normalized spacial score (nSPS) is 18.8. The van der Waals surface area contributed by atoms with E-state index in [1.165, 1.54) is 0 Å². The molecule has 2 aromatic heterocycles. The van der Waals surface area contributed by atoms with Crippen LogP contribution in [0, 0.1) is 0 Å². The molecule has 6 rings (SSSR count). The minimum Gasteiger partial charge on any atom is -0.375 e. The molecule has 0 fully saturated rings. The number of alkyl halides is 6. The van der Waals surface area contributed by atoms with Crippen LogP contribution in [0.15, 0.2) is 60.9 Å². The summed E-state index contributed by atoms with van der Waals surface area (Å²) in [4.78, 5) is 24.9. The number of nitrogens with one attached hydrogen (secondary N) is 1. The highest BCUT2D eigenvalue weighted by Gasteiger charge is 2.54. The number of amides is 2. The molecule has 4 bridgehead atoms. The Kier molecular flexibility index (Phi) is 6.46. The zero-order chi connectivity index (χ0) is 29.1. The number of aromatic nitrogens is 2. The van der Waals surface area contributed by atoms with Gasteiger partial charge in [0.2, 0.25) is 0 Å². The van der Waals surface area contributed by atoms with E-state index < -0.39 is 42.0 Å². The van der Waals surface area contributed by atoms with Gasteiger partial charge in [-0.25, -0.2) is 0 Å². The highest BCUT2D eigenvalue weighted by Crippen LogP contribution is 2.39. The minimum atomic E-state index is -5.65. The molecule has 13 heteroatoms. The lowest BCUT2D eigenvalue weighted by Gasteiger charge is -2.30. The van der Waals surface area contributed by atoms with Crippen molar-refractivity contribution in [3.63, 3.8) is 0 Å². The van der Waals surface area contributed by atoms with Gasteiger partial charge in [-0.05, 0) is 18.6 Å². The van der Waals surface area contributed by atoms with Crippen molar-refractivity contribution in [1.82, 2.24) is 19.4 Å². The number of para-hydroxylation sites is 2. The second kappa shape index (κ2) is 9.77. The minimum absolute atomic E-state index is 0.000447. The first kappa shape index (κ1) is 27.1. The van der Waals surface area contributed by atoms with Crippen LogP contribution in [0.5, 0.6) is 0 Å². The van der Waals surface area contributed by atoms with Gasteiger partial charge in [0.1, 0.15) is 0 Å². The van der Waals surface area contributed by atoms with Crippen LogP contribution >= 0.6 is 0 Å². The number of halogens is 6. The number of benzene rings is 2. The number of ether oxygens (including phenoxy) is 1. The van der Waals surface area contributed by atoms with Crippen molar-refractivity contribution >= 4 is 44.8 Å². The molecule has 1 atom stereocenters. The molecule has 1 unspecified atom stereocenters. The summed E-state index contributed by atoms with van der Waals surface area (Å²) in [5.41, 5.74) is 2.50. The molecule has 7 nitrogen and oxygen atoms in total. The van der Waals surface area contributed by atoms with Gasteiger partial charge in [-0.2, -0.15) is 26.3 Å². The molecule has 41 heavy (non-hydrogen) atoms. The van der Waals surface area contributed by atoms with Gasteiger partial charge in [0.25, 0.3) is 11.8 Å². The number of nitrogens with zero attached hydrogens (tertiary/aromatic N) is 3. The summed E-state index contributed by atoms with van der Waals surface area (Å²) in [6.45, 7) is -1.55. The molecule has 0 radical (unpaired) electrons. The van der Waals surface area contributed by atoms with E-state index in [0.29, 0.717) is 32.9 Å². The van der Waals surface area contributed by atoms with Crippen LogP contribution in [0.4, 0.5) is 26.3 Å². The van der Waals surface area contributed by atoms with E-state index in [2.05, 4.69) is 5.32 Å². The molecule has 2 amide bonds. The molecular weight excluding hydrogens is 554 g/mol. The summed E-state index contributed by atoms with van der Waals surface area (Å²) in [6, 6.07) is 14.0. The number of aryl methyl sites for hydroxylation is 1. The SMILES string of the molecule is O=C1NC(=O)C2=C1c1cn(c3ccccc13)CCOC(CN(C(F)(F)F)C(F)(F)F)CCn1cc2c2ccccc21. The van der Waals surface area contributed by atoms with E-state index in [1.54, 1.807) is 70.1 Å². The maximum atomic E-state index is 13.4. The zero-order valence-electron chi connectivity index (χ0n) is 21.2. The zero-order valence-corrected chi connectivity index (χ0v) is 21.2. The van der Waals surface area contributed by atoms with Crippen LogP contribution < -0.4 is 5.32 Å². The number of imide groups is 1. The highest BCUT2D eigenvalue weighted by atomic mass is 19.4. The molecule has 2 aliphatic heterocycles. The Balaban J connectivity index is 1.53. The summed E-state index contributed by atoms with van der Waals surface area (Å²) in [6.07, 6.45) is -9.66. The van der Waals surface area contributed by atoms with Gasteiger partial charge >= 0.3 is 12.6 Å². The smallest absolute Gasteiger partial charge is 0.375 e. The van der Waals surface area contributed by atoms with Gasteiger partial charge in [-0.15, -0.1) is 4.90 Å². The number of carbonyl (C=O) groups is 2. The van der Waals surface area contributed by atoms with Gasteiger partial charge in [0.15, 0.2) is 0 Å². The van der Waals surface area contributed by atoms with E-state index >= 15 is 0 Å². The Morgan fingerprint density at radius 2 is 1.27 bits per heavy atom. The maximum absolute atomic E-state index is 13.4. The summed E-state index contributed by atoms with van der Waals surface area (Å²) < 4.78 is 89.4. The number of hydrogen-bond donors (Lipinski definition) is 1. The van der Waals surface area contributed by atoms with Gasteiger partial charge in [0, 0.05) is 65.0 Å². The van der Waals surface area contributed by atoms with Gasteiger partial charge in [-0.3, -0.25) is 14.9 Å². The molecule has 0 saturated carbocycles. The van der Waals surface area contributed by atoms with Crippen LogP contribution in [0.25, 0.3) is 33.0 Å². The molecule has 0 spiro atoms. The largest absolute Gasteiger partial charge is 0.467 e. The Labute approximate surface area is 228 Å². The molecule has 2 aromatic carbocycles. The van der Waals surface area contributed by atoms with Crippen molar-refractivity contribution in [3.05, 3.63) is 72.1 Å². The highest BCUT2D eigenvalue weighted by molar-refractivity contribution is 6.50. The molecule has 1 N–H and O–H groups in total. The Morgan fingerprint density at radius 1 is 0.780 bits per heavy atom. The first-order valence-corrected chi connectivity index (χ1v) is 12.7. The average Bonchev–Trinajstić information content (AvgIpc) is 3.54. The monoisotopic (exact) mass is 576 g/mol. The van der Waals surface area contributed by atoms with Gasteiger partial charge in [-0.1, -0.05) is 36.4 Å². The van der Waals surface area contributed by atoms with Crippen molar-refractivity contribution in [2.75, 3.05) is 13.2 Å². The standard InChI is InChI=1S/C28H22F6N4O3/c29-27(30,31)38(28(32,33)34)13-16-9-10-36-14-19(17-5-1-3-7-21(17)36)23-24(26(40)35-25(23)39)20-15-37(11-12-41-16)22-8-4-2-6-18(20)22/h1-8,14-16H,9-13H2,(H,35,39,40). The van der Waals surface area contributed by atoms with Crippen LogP contribution in [0.2, 0.25) is 0 Å².